The number of morpholine rings is 1. The number of nitrogens with one attached hydrogen (secondary N) is 1. The summed E-state index contributed by atoms with van der Waals surface area (Å²) in [4.78, 5) is 14.2. The molecule has 0 aliphatic carbocycles. The summed E-state index contributed by atoms with van der Waals surface area (Å²) in [5, 5.41) is 7.37. The third-order valence-corrected chi connectivity index (χ3v) is 4.56. The Bertz CT molecular complexity index is 767. The van der Waals surface area contributed by atoms with Crippen molar-refractivity contribution in [3.05, 3.63) is 52.6 Å². The molecular formula is C17H20ClFN4O2. The molecule has 2 aromatic rings. The van der Waals surface area contributed by atoms with Crippen LogP contribution in [-0.2, 0) is 11.8 Å². The first-order valence-electron chi connectivity index (χ1n) is 8.04. The number of amides is 2. The Morgan fingerprint density at radius 1 is 1.52 bits per heavy atom. The number of urea groups is 1. The molecule has 1 saturated heterocycles. The molecule has 0 bridgehead atoms. The number of carbonyl (C=O) groups excluding carboxylic acids is 1. The van der Waals surface area contributed by atoms with E-state index in [9.17, 15) is 9.18 Å². The van der Waals surface area contributed by atoms with E-state index in [-0.39, 0.29) is 18.2 Å². The molecule has 25 heavy (non-hydrogen) atoms. The van der Waals surface area contributed by atoms with Crippen LogP contribution in [0.1, 0.15) is 30.2 Å². The molecule has 134 valence electrons. The zero-order chi connectivity index (χ0) is 18.0. The lowest BCUT2D eigenvalue weighted by Crippen LogP contribution is -2.47. The van der Waals surface area contributed by atoms with E-state index in [0.29, 0.717) is 30.3 Å². The molecule has 6 nitrogen and oxygen atoms in total. The first kappa shape index (κ1) is 17.7. The third-order valence-electron chi connectivity index (χ3n) is 4.23. The second-order valence-electron chi connectivity index (χ2n) is 6.09. The maximum Gasteiger partial charge on any atom is 0.318 e. The monoisotopic (exact) mass is 366 g/mol. The number of aryl methyl sites for hydroxylation is 1. The van der Waals surface area contributed by atoms with Crippen molar-refractivity contribution < 1.29 is 13.9 Å². The number of aromatic nitrogens is 2. The summed E-state index contributed by atoms with van der Waals surface area (Å²) in [6, 6.07) is 3.86. The molecule has 0 radical (unpaired) electrons. The molecule has 8 heteroatoms. The van der Waals surface area contributed by atoms with E-state index in [2.05, 4.69) is 10.4 Å². The fourth-order valence-electron chi connectivity index (χ4n) is 2.81. The smallest absolute Gasteiger partial charge is 0.318 e. The van der Waals surface area contributed by atoms with E-state index in [4.69, 9.17) is 16.3 Å². The summed E-state index contributed by atoms with van der Waals surface area (Å²) in [7, 11) is 1.83. The molecule has 2 atom stereocenters. The van der Waals surface area contributed by atoms with Gasteiger partial charge in [-0.3, -0.25) is 4.68 Å². The van der Waals surface area contributed by atoms with Crippen LogP contribution in [-0.4, -0.2) is 40.4 Å². The lowest BCUT2D eigenvalue weighted by molar-refractivity contribution is -0.0157. The molecule has 1 aliphatic heterocycles. The number of ether oxygens (including phenoxy) is 1. The van der Waals surface area contributed by atoms with Crippen LogP contribution in [0.15, 0.2) is 30.6 Å². The number of hydrogen-bond acceptors (Lipinski definition) is 3. The number of benzene rings is 1. The van der Waals surface area contributed by atoms with Crippen molar-refractivity contribution in [2.45, 2.75) is 19.1 Å². The zero-order valence-corrected chi connectivity index (χ0v) is 14.8. The number of nitrogens with zero attached hydrogens (tertiary/aromatic N) is 3. The fraction of sp³-hybridized carbons (Fsp3) is 0.412. The van der Waals surface area contributed by atoms with Crippen molar-refractivity contribution in [3.8, 4) is 0 Å². The van der Waals surface area contributed by atoms with Gasteiger partial charge in [-0.15, -0.1) is 0 Å². The SMILES string of the molecule is CC(NC(=O)N1CCOC(c2ccc(F)cc2Cl)C1)c1cnn(C)c1. The van der Waals surface area contributed by atoms with Crippen LogP contribution in [0.5, 0.6) is 0 Å². The number of carbonyl (C=O) groups is 1. The van der Waals surface area contributed by atoms with Gasteiger partial charge in [-0.2, -0.15) is 5.10 Å². The summed E-state index contributed by atoms with van der Waals surface area (Å²) in [6.07, 6.45) is 3.22. The third kappa shape index (κ3) is 4.11. The second-order valence-corrected chi connectivity index (χ2v) is 6.50. The van der Waals surface area contributed by atoms with Crippen LogP contribution in [0.4, 0.5) is 9.18 Å². The van der Waals surface area contributed by atoms with Crippen molar-refractivity contribution in [2.75, 3.05) is 19.7 Å². The first-order chi connectivity index (χ1) is 11.9. The Hall–Kier alpha value is -2.12. The molecule has 0 saturated carbocycles. The van der Waals surface area contributed by atoms with Gasteiger partial charge in [0.05, 0.1) is 25.4 Å². The van der Waals surface area contributed by atoms with Crippen molar-refractivity contribution in [1.29, 1.82) is 0 Å². The van der Waals surface area contributed by atoms with Gasteiger partial charge in [0.25, 0.3) is 0 Å². The van der Waals surface area contributed by atoms with Crippen LogP contribution < -0.4 is 5.32 Å². The number of rotatable bonds is 3. The van der Waals surface area contributed by atoms with Crippen molar-refractivity contribution in [2.24, 2.45) is 7.05 Å². The van der Waals surface area contributed by atoms with Gasteiger partial charge in [0, 0.05) is 35.9 Å². The Labute approximate surface area is 150 Å². The van der Waals surface area contributed by atoms with Crippen LogP contribution in [0, 0.1) is 5.82 Å². The number of halogens is 2. The zero-order valence-electron chi connectivity index (χ0n) is 14.1. The molecular weight excluding hydrogens is 347 g/mol. The minimum absolute atomic E-state index is 0.156. The normalized spacial score (nSPS) is 18.9. The molecule has 1 aromatic carbocycles. The van der Waals surface area contributed by atoms with E-state index >= 15 is 0 Å². The molecule has 1 aliphatic rings. The lowest BCUT2D eigenvalue weighted by atomic mass is 10.1. The molecule has 1 aromatic heterocycles. The van der Waals surface area contributed by atoms with Crippen molar-refractivity contribution in [3.63, 3.8) is 0 Å². The van der Waals surface area contributed by atoms with Gasteiger partial charge in [-0.05, 0) is 19.1 Å². The molecule has 0 spiro atoms. The molecule has 1 fully saturated rings. The highest BCUT2D eigenvalue weighted by Crippen LogP contribution is 2.29. The Morgan fingerprint density at radius 2 is 2.32 bits per heavy atom. The summed E-state index contributed by atoms with van der Waals surface area (Å²) in [6.45, 7) is 3.15. The Morgan fingerprint density at radius 3 is 3.00 bits per heavy atom. The summed E-state index contributed by atoms with van der Waals surface area (Å²) in [5.41, 5.74) is 1.61. The Balaban J connectivity index is 1.65. The minimum atomic E-state index is -0.399. The molecule has 2 heterocycles. The van der Waals surface area contributed by atoms with Crippen LogP contribution in [0.3, 0.4) is 0 Å². The molecule has 1 N–H and O–H groups in total. The van der Waals surface area contributed by atoms with Crippen LogP contribution >= 0.6 is 11.6 Å². The van der Waals surface area contributed by atoms with E-state index in [0.717, 1.165) is 5.56 Å². The predicted molar refractivity (Wildman–Crippen MR) is 91.8 cm³/mol. The summed E-state index contributed by atoms with van der Waals surface area (Å²) in [5.74, 6) is -0.399. The van der Waals surface area contributed by atoms with Crippen LogP contribution in [0.2, 0.25) is 5.02 Å². The second kappa shape index (κ2) is 7.41. The van der Waals surface area contributed by atoms with Crippen molar-refractivity contribution >= 4 is 17.6 Å². The van der Waals surface area contributed by atoms with E-state index < -0.39 is 5.82 Å². The van der Waals surface area contributed by atoms with Gasteiger partial charge in [-0.1, -0.05) is 17.7 Å². The van der Waals surface area contributed by atoms with Gasteiger partial charge < -0.3 is 15.0 Å². The average molecular weight is 367 g/mol. The topological polar surface area (TPSA) is 59.4 Å². The molecule has 3 rings (SSSR count). The van der Waals surface area contributed by atoms with Gasteiger partial charge in [0.15, 0.2) is 0 Å². The average Bonchev–Trinajstić information content (AvgIpc) is 3.01. The maximum absolute atomic E-state index is 13.2. The van der Waals surface area contributed by atoms with E-state index in [1.165, 1.54) is 12.1 Å². The summed E-state index contributed by atoms with van der Waals surface area (Å²) < 4.78 is 20.6. The van der Waals surface area contributed by atoms with E-state index in [1.807, 2.05) is 20.2 Å². The van der Waals surface area contributed by atoms with E-state index in [1.54, 1.807) is 21.8 Å². The van der Waals surface area contributed by atoms with Gasteiger partial charge in [-0.25, -0.2) is 9.18 Å². The highest BCUT2D eigenvalue weighted by atomic mass is 35.5. The van der Waals surface area contributed by atoms with Gasteiger partial charge in [0.1, 0.15) is 11.9 Å². The first-order valence-corrected chi connectivity index (χ1v) is 8.42. The fourth-order valence-corrected chi connectivity index (χ4v) is 3.10. The largest absolute Gasteiger partial charge is 0.370 e. The number of hydrogen-bond donors (Lipinski definition) is 1. The quantitative estimate of drug-likeness (QED) is 0.908. The maximum atomic E-state index is 13.2. The summed E-state index contributed by atoms with van der Waals surface area (Å²) >= 11 is 6.11. The lowest BCUT2D eigenvalue weighted by Gasteiger charge is -2.34. The predicted octanol–water partition coefficient (Wildman–Crippen LogP) is 3.06. The minimum Gasteiger partial charge on any atom is -0.370 e. The standard InChI is InChI=1S/C17H20ClFN4O2/c1-11(12-8-20-22(2)9-12)21-17(24)23-5-6-25-16(10-23)14-4-3-13(19)7-15(14)18/h3-4,7-9,11,16H,5-6,10H2,1-2H3,(H,21,24). The van der Waals surface area contributed by atoms with Crippen LogP contribution in [0.25, 0.3) is 0 Å². The highest BCUT2D eigenvalue weighted by Gasteiger charge is 2.27. The highest BCUT2D eigenvalue weighted by molar-refractivity contribution is 6.31. The Kier molecular flexibility index (Phi) is 5.24. The molecule has 2 amide bonds. The molecule has 2 unspecified atom stereocenters. The van der Waals surface area contributed by atoms with Crippen molar-refractivity contribution in [1.82, 2.24) is 20.0 Å². The van der Waals surface area contributed by atoms with Gasteiger partial charge in [0.2, 0.25) is 0 Å². The van der Waals surface area contributed by atoms with Gasteiger partial charge >= 0.3 is 6.03 Å².